The van der Waals surface area contributed by atoms with Gasteiger partial charge >= 0.3 is 0 Å². The molecule has 0 radical (unpaired) electrons. The van der Waals surface area contributed by atoms with E-state index in [1.807, 2.05) is 7.05 Å². The molecule has 1 saturated heterocycles. The van der Waals surface area contributed by atoms with E-state index in [0.29, 0.717) is 0 Å². The number of fused-ring (bicyclic) bond motifs is 1. The van der Waals surface area contributed by atoms with Gasteiger partial charge in [-0.25, -0.2) is 0 Å². The molecule has 0 aromatic heterocycles. The molecule has 3 atom stereocenters. The van der Waals surface area contributed by atoms with Crippen LogP contribution in [0.1, 0.15) is 39.0 Å². The van der Waals surface area contributed by atoms with E-state index < -0.39 is 0 Å². The first-order valence-corrected chi connectivity index (χ1v) is 6.72. The summed E-state index contributed by atoms with van der Waals surface area (Å²) in [7, 11) is 1.95. The van der Waals surface area contributed by atoms with E-state index in [9.17, 15) is 5.11 Å². The number of likely N-dealkylation sites (tertiary alicyclic amines) is 1. The maximum Gasteiger partial charge on any atom is 0.0623 e. The number of nitrogens with one attached hydrogen (secondary N) is 1. The Hall–Kier alpha value is -0.120. The number of aliphatic hydroxyl groups is 1. The zero-order valence-electron chi connectivity index (χ0n) is 10.7. The van der Waals surface area contributed by atoms with Gasteiger partial charge in [0.25, 0.3) is 0 Å². The summed E-state index contributed by atoms with van der Waals surface area (Å²) < 4.78 is 0. The SMILES string of the molecule is CNC(C)(CO)CN1CCCC2CCCC21. The summed E-state index contributed by atoms with van der Waals surface area (Å²) in [5.74, 6) is 0.938. The molecule has 3 nitrogen and oxygen atoms in total. The van der Waals surface area contributed by atoms with Crippen LogP contribution >= 0.6 is 0 Å². The molecule has 2 aliphatic rings. The van der Waals surface area contributed by atoms with E-state index in [0.717, 1.165) is 18.5 Å². The second-order valence-electron chi connectivity index (χ2n) is 5.84. The molecule has 2 fully saturated rings. The molecular weight excluding hydrogens is 200 g/mol. The maximum absolute atomic E-state index is 9.47. The van der Waals surface area contributed by atoms with Gasteiger partial charge in [0.05, 0.1) is 12.1 Å². The topological polar surface area (TPSA) is 35.5 Å². The largest absolute Gasteiger partial charge is 0.394 e. The zero-order chi connectivity index (χ0) is 11.6. The molecule has 16 heavy (non-hydrogen) atoms. The molecule has 1 heterocycles. The second kappa shape index (κ2) is 5.03. The highest BCUT2D eigenvalue weighted by atomic mass is 16.3. The summed E-state index contributed by atoms with van der Waals surface area (Å²) in [6.07, 6.45) is 6.97. The molecule has 3 heteroatoms. The summed E-state index contributed by atoms with van der Waals surface area (Å²) in [6.45, 7) is 4.54. The van der Waals surface area contributed by atoms with Crippen molar-refractivity contribution < 1.29 is 5.11 Å². The van der Waals surface area contributed by atoms with Crippen molar-refractivity contribution in [1.82, 2.24) is 10.2 Å². The number of rotatable bonds is 4. The second-order valence-corrected chi connectivity index (χ2v) is 5.84. The quantitative estimate of drug-likeness (QED) is 0.756. The molecule has 2 N–H and O–H groups in total. The van der Waals surface area contributed by atoms with E-state index in [-0.39, 0.29) is 12.1 Å². The van der Waals surface area contributed by atoms with Crippen LogP contribution in [0.5, 0.6) is 0 Å². The normalized spacial score (nSPS) is 34.7. The minimum atomic E-state index is -0.134. The smallest absolute Gasteiger partial charge is 0.0623 e. The maximum atomic E-state index is 9.47. The Labute approximate surface area is 99.2 Å². The van der Waals surface area contributed by atoms with Crippen LogP contribution < -0.4 is 5.32 Å². The van der Waals surface area contributed by atoms with Crippen LogP contribution in [0.2, 0.25) is 0 Å². The molecule has 0 bridgehead atoms. The molecule has 2 rings (SSSR count). The van der Waals surface area contributed by atoms with Crippen LogP contribution in [0.4, 0.5) is 0 Å². The van der Waals surface area contributed by atoms with Crippen LogP contribution in [0, 0.1) is 5.92 Å². The molecule has 1 saturated carbocycles. The molecule has 1 aliphatic heterocycles. The Morgan fingerprint density at radius 3 is 2.75 bits per heavy atom. The van der Waals surface area contributed by atoms with Crippen LogP contribution in [0.15, 0.2) is 0 Å². The summed E-state index contributed by atoms with van der Waals surface area (Å²) in [6, 6.07) is 0.799. The molecule has 3 unspecified atom stereocenters. The third kappa shape index (κ3) is 2.41. The highest BCUT2D eigenvalue weighted by Crippen LogP contribution is 2.37. The number of hydrogen-bond donors (Lipinski definition) is 2. The van der Waals surface area contributed by atoms with Gasteiger partial charge in [-0.1, -0.05) is 6.42 Å². The van der Waals surface area contributed by atoms with Gasteiger partial charge in [-0.15, -0.1) is 0 Å². The third-order valence-electron chi connectivity index (χ3n) is 4.61. The lowest BCUT2D eigenvalue weighted by Gasteiger charge is -2.42. The Bertz CT molecular complexity index is 228. The van der Waals surface area contributed by atoms with Gasteiger partial charge in [0.1, 0.15) is 0 Å². The predicted octanol–water partition coefficient (Wildman–Crippen LogP) is 1.22. The first-order chi connectivity index (χ1) is 7.68. The van der Waals surface area contributed by atoms with Gasteiger partial charge in [0, 0.05) is 12.6 Å². The van der Waals surface area contributed by atoms with E-state index >= 15 is 0 Å². The molecular formula is C13H26N2O. The fraction of sp³-hybridized carbons (Fsp3) is 1.00. The van der Waals surface area contributed by atoms with Crippen LogP contribution in [0.25, 0.3) is 0 Å². The summed E-state index contributed by atoms with van der Waals surface area (Å²) in [5.41, 5.74) is -0.134. The van der Waals surface area contributed by atoms with Crippen molar-refractivity contribution in [2.75, 3.05) is 26.7 Å². The van der Waals surface area contributed by atoms with Crippen molar-refractivity contribution in [3.05, 3.63) is 0 Å². The third-order valence-corrected chi connectivity index (χ3v) is 4.61. The highest BCUT2D eigenvalue weighted by Gasteiger charge is 2.37. The van der Waals surface area contributed by atoms with Crippen molar-refractivity contribution in [3.8, 4) is 0 Å². The minimum Gasteiger partial charge on any atom is -0.394 e. The lowest BCUT2D eigenvalue weighted by atomic mass is 9.90. The highest BCUT2D eigenvalue weighted by molar-refractivity contribution is 4.94. The standard InChI is InChI=1S/C13H26N2O/c1-13(10-16,14-2)9-15-8-4-6-11-5-3-7-12(11)15/h11-12,14,16H,3-10H2,1-2H3. The molecule has 0 spiro atoms. The minimum absolute atomic E-state index is 0.134. The van der Waals surface area contributed by atoms with Gasteiger partial charge in [0.2, 0.25) is 0 Å². The van der Waals surface area contributed by atoms with E-state index in [2.05, 4.69) is 17.1 Å². The average molecular weight is 226 g/mol. The summed E-state index contributed by atoms with van der Waals surface area (Å²) in [4.78, 5) is 2.62. The van der Waals surface area contributed by atoms with E-state index in [1.54, 1.807) is 0 Å². The number of likely N-dealkylation sites (N-methyl/N-ethyl adjacent to an activating group) is 1. The molecule has 0 amide bonds. The first-order valence-electron chi connectivity index (χ1n) is 6.72. The lowest BCUT2D eigenvalue weighted by Crippen LogP contribution is -2.56. The number of hydrogen-bond acceptors (Lipinski definition) is 3. The molecule has 0 aromatic carbocycles. The van der Waals surface area contributed by atoms with E-state index in [4.69, 9.17) is 0 Å². The number of nitrogens with zero attached hydrogens (tertiary/aromatic N) is 1. The van der Waals surface area contributed by atoms with Gasteiger partial charge in [-0.2, -0.15) is 0 Å². The Balaban J connectivity index is 1.97. The van der Waals surface area contributed by atoms with Crippen molar-refractivity contribution in [3.63, 3.8) is 0 Å². The summed E-state index contributed by atoms with van der Waals surface area (Å²) >= 11 is 0. The van der Waals surface area contributed by atoms with Crippen molar-refractivity contribution >= 4 is 0 Å². The van der Waals surface area contributed by atoms with Crippen LogP contribution in [-0.2, 0) is 0 Å². The Kier molecular flexibility index (Phi) is 3.88. The van der Waals surface area contributed by atoms with Crippen molar-refractivity contribution in [1.29, 1.82) is 0 Å². The predicted molar refractivity (Wildman–Crippen MR) is 66.5 cm³/mol. The first kappa shape index (κ1) is 12.3. The molecule has 94 valence electrons. The number of aliphatic hydroxyl groups excluding tert-OH is 1. The van der Waals surface area contributed by atoms with Gasteiger partial charge < -0.3 is 10.4 Å². The van der Waals surface area contributed by atoms with Gasteiger partial charge in [0.15, 0.2) is 0 Å². The molecule has 0 aromatic rings. The van der Waals surface area contributed by atoms with Crippen molar-refractivity contribution in [2.24, 2.45) is 5.92 Å². The fourth-order valence-corrected chi connectivity index (χ4v) is 3.41. The Morgan fingerprint density at radius 2 is 2.06 bits per heavy atom. The monoisotopic (exact) mass is 226 g/mol. The lowest BCUT2D eigenvalue weighted by molar-refractivity contribution is 0.0599. The van der Waals surface area contributed by atoms with Crippen LogP contribution in [0.3, 0.4) is 0 Å². The molecule has 1 aliphatic carbocycles. The Morgan fingerprint density at radius 1 is 1.31 bits per heavy atom. The average Bonchev–Trinajstić information content (AvgIpc) is 2.78. The van der Waals surface area contributed by atoms with Gasteiger partial charge in [-0.05, 0) is 52.1 Å². The van der Waals surface area contributed by atoms with E-state index in [1.165, 1.54) is 38.6 Å². The van der Waals surface area contributed by atoms with Crippen molar-refractivity contribution in [2.45, 2.75) is 50.6 Å². The fourth-order valence-electron chi connectivity index (χ4n) is 3.41. The zero-order valence-corrected chi connectivity index (χ0v) is 10.7. The van der Waals surface area contributed by atoms with Crippen LogP contribution in [-0.4, -0.2) is 48.3 Å². The number of piperidine rings is 1. The van der Waals surface area contributed by atoms with Gasteiger partial charge in [-0.3, -0.25) is 4.90 Å². The summed E-state index contributed by atoms with van der Waals surface area (Å²) in [5, 5.41) is 12.7.